The average Bonchev–Trinajstić information content (AvgIpc) is 2.58. The molecule has 0 atom stereocenters. The first-order chi connectivity index (χ1) is 10.8. The number of carbonyl (C=O) groups excluding carboxylic acids is 1. The molecule has 1 aliphatic rings. The number of para-hydroxylation sites is 1. The molecule has 2 rings (SSSR count). The van der Waals surface area contributed by atoms with Crippen molar-refractivity contribution in [2.45, 2.75) is 51.5 Å². The van der Waals surface area contributed by atoms with Gasteiger partial charge in [0.2, 0.25) is 5.91 Å². The lowest BCUT2D eigenvalue weighted by atomic mass is 9.86. The number of aliphatic hydroxyl groups is 1. The molecule has 0 unspecified atom stereocenters. The van der Waals surface area contributed by atoms with Crippen LogP contribution < -0.4 is 10.1 Å². The topological polar surface area (TPSA) is 58.6 Å². The molecular formula is C18H27NO3. The minimum absolute atomic E-state index is 0.0118. The van der Waals surface area contributed by atoms with Crippen LogP contribution >= 0.6 is 0 Å². The van der Waals surface area contributed by atoms with Crippen LogP contribution in [-0.2, 0) is 11.3 Å². The van der Waals surface area contributed by atoms with Crippen molar-refractivity contribution in [2.75, 3.05) is 13.2 Å². The number of ether oxygens (including phenoxy) is 1. The Morgan fingerprint density at radius 1 is 1.23 bits per heavy atom. The van der Waals surface area contributed by atoms with Crippen LogP contribution in [-0.4, -0.2) is 24.2 Å². The molecule has 1 aromatic carbocycles. The predicted molar refractivity (Wildman–Crippen MR) is 86.7 cm³/mol. The molecule has 1 saturated carbocycles. The molecule has 1 aromatic rings. The second-order valence-corrected chi connectivity index (χ2v) is 6.00. The number of carbonyl (C=O) groups is 1. The van der Waals surface area contributed by atoms with E-state index < -0.39 is 0 Å². The molecule has 0 aromatic heterocycles. The first-order valence-electron chi connectivity index (χ1n) is 8.38. The Balaban J connectivity index is 1.73. The smallest absolute Gasteiger partial charge is 0.220 e. The summed E-state index contributed by atoms with van der Waals surface area (Å²) in [6, 6.07) is 7.61. The van der Waals surface area contributed by atoms with Crippen molar-refractivity contribution in [1.29, 1.82) is 0 Å². The predicted octanol–water partition coefficient (Wildman–Crippen LogP) is 3.03. The van der Waals surface area contributed by atoms with E-state index in [1.807, 2.05) is 24.3 Å². The lowest BCUT2D eigenvalue weighted by Crippen LogP contribution is -2.24. The molecule has 22 heavy (non-hydrogen) atoms. The normalized spacial score (nSPS) is 15.5. The first-order valence-corrected chi connectivity index (χ1v) is 8.38. The van der Waals surface area contributed by atoms with Gasteiger partial charge in [-0.2, -0.15) is 0 Å². The Labute approximate surface area is 132 Å². The number of hydrogen-bond acceptors (Lipinski definition) is 3. The van der Waals surface area contributed by atoms with Gasteiger partial charge in [0.1, 0.15) is 12.4 Å². The summed E-state index contributed by atoms with van der Waals surface area (Å²) in [5.74, 6) is 1.58. The van der Waals surface area contributed by atoms with Crippen molar-refractivity contribution < 1.29 is 14.6 Å². The molecule has 0 spiro atoms. The van der Waals surface area contributed by atoms with Gasteiger partial charge in [0.25, 0.3) is 0 Å². The van der Waals surface area contributed by atoms with Gasteiger partial charge < -0.3 is 15.2 Å². The largest absolute Gasteiger partial charge is 0.491 e. The summed E-state index contributed by atoms with van der Waals surface area (Å²) >= 11 is 0. The van der Waals surface area contributed by atoms with Crippen LogP contribution in [0, 0.1) is 5.92 Å². The number of aliphatic hydroxyl groups excluding tert-OH is 1. The Kier molecular flexibility index (Phi) is 7.23. The van der Waals surface area contributed by atoms with E-state index in [0.717, 1.165) is 23.7 Å². The standard InChI is InChI=1S/C18H27NO3/c20-12-13-22-17-9-5-4-8-16(17)14-19-18(21)11-10-15-6-2-1-3-7-15/h4-5,8-9,15,20H,1-3,6-7,10-14H2,(H,19,21). The van der Waals surface area contributed by atoms with Crippen molar-refractivity contribution in [3.8, 4) is 5.75 Å². The highest BCUT2D eigenvalue weighted by Crippen LogP contribution is 2.27. The third kappa shape index (κ3) is 5.68. The van der Waals surface area contributed by atoms with Gasteiger partial charge in [-0.1, -0.05) is 50.3 Å². The van der Waals surface area contributed by atoms with Crippen LogP contribution in [0.2, 0.25) is 0 Å². The van der Waals surface area contributed by atoms with Crippen LogP contribution in [0.5, 0.6) is 5.75 Å². The summed E-state index contributed by atoms with van der Waals surface area (Å²) in [4.78, 5) is 12.0. The molecule has 1 amide bonds. The van der Waals surface area contributed by atoms with Crippen LogP contribution in [0.3, 0.4) is 0 Å². The fourth-order valence-electron chi connectivity index (χ4n) is 3.04. The van der Waals surface area contributed by atoms with E-state index in [2.05, 4.69) is 5.32 Å². The number of benzene rings is 1. The fraction of sp³-hybridized carbons (Fsp3) is 0.611. The average molecular weight is 305 g/mol. The molecule has 0 saturated heterocycles. The lowest BCUT2D eigenvalue weighted by molar-refractivity contribution is -0.121. The molecule has 1 fully saturated rings. The Morgan fingerprint density at radius 3 is 2.77 bits per heavy atom. The zero-order valence-corrected chi connectivity index (χ0v) is 13.2. The highest BCUT2D eigenvalue weighted by atomic mass is 16.5. The van der Waals surface area contributed by atoms with Crippen molar-refractivity contribution >= 4 is 5.91 Å². The maximum atomic E-state index is 12.0. The summed E-state index contributed by atoms with van der Waals surface area (Å²) < 4.78 is 5.47. The molecule has 1 aliphatic carbocycles. The summed E-state index contributed by atoms with van der Waals surface area (Å²) in [6.07, 6.45) is 8.19. The number of hydrogen-bond donors (Lipinski definition) is 2. The van der Waals surface area contributed by atoms with Gasteiger partial charge in [-0.15, -0.1) is 0 Å². The molecule has 0 heterocycles. The SMILES string of the molecule is O=C(CCC1CCCCC1)NCc1ccccc1OCCO. The van der Waals surface area contributed by atoms with Gasteiger partial charge in [0.05, 0.1) is 6.61 Å². The number of rotatable bonds is 8. The highest BCUT2D eigenvalue weighted by molar-refractivity contribution is 5.75. The third-order valence-electron chi connectivity index (χ3n) is 4.30. The first kappa shape index (κ1) is 16.8. The van der Waals surface area contributed by atoms with Crippen LogP contribution in [0.25, 0.3) is 0 Å². The number of amides is 1. The van der Waals surface area contributed by atoms with Gasteiger partial charge in [-0.3, -0.25) is 4.79 Å². The maximum Gasteiger partial charge on any atom is 0.220 e. The molecule has 0 bridgehead atoms. The monoisotopic (exact) mass is 305 g/mol. The zero-order chi connectivity index (χ0) is 15.6. The van der Waals surface area contributed by atoms with E-state index >= 15 is 0 Å². The van der Waals surface area contributed by atoms with Crippen molar-refractivity contribution in [3.05, 3.63) is 29.8 Å². The van der Waals surface area contributed by atoms with E-state index in [0.29, 0.717) is 13.0 Å². The fourth-order valence-corrected chi connectivity index (χ4v) is 3.04. The molecule has 4 nitrogen and oxygen atoms in total. The van der Waals surface area contributed by atoms with E-state index in [1.165, 1.54) is 32.1 Å². The Bertz CT molecular complexity index is 455. The van der Waals surface area contributed by atoms with Gasteiger partial charge in [0.15, 0.2) is 0 Å². The Hall–Kier alpha value is -1.55. The van der Waals surface area contributed by atoms with E-state index in [-0.39, 0.29) is 19.1 Å². The molecule has 4 heteroatoms. The molecule has 0 aliphatic heterocycles. The van der Waals surface area contributed by atoms with Crippen LogP contribution in [0.1, 0.15) is 50.5 Å². The quantitative estimate of drug-likeness (QED) is 0.776. The van der Waals surface area contributed by atoms with E-state index in [9.17, 15) is 4.79 Å². The van der Waals surface area contributed by atoms with Gasteiger partial charge in [-0.05, 0) is 18.4 Å². The molecular weight excluding hydrogens is 278 g/mol. The molecule has 0 radical (unpaired) electrons. The van der Waals surface area contributed by atoms with Gasteiger partial charge in [-0.25, -0.2) is 0 Å². The summed E-state index contributed by atoms with van der Waals surface area (Å²) in [6.45, 7) is 0.736. The van der Waals surface area contributed by atoms with E-state index in [1.54, 1.807) is 0 Å². The number of nitrogens with one attached hydrogen (secondary N) is 1. The second-order valence-electron chi connectivity index (χ2n) is 6.00. The minimum Gasteiger partial charge on any atom is -0.491 e. The molecule has 122 valence electrons. The summed E-state index contributed by atoms with van der Waals surface area (Å²) in [7, 11) is 0. The van der Waals surface area contributed by atoms with Crippen LogP contribution in [0.4, 0.5) is 0 Å². The lowest BCUT2D eigenvalue weighted by Gasteiger charge is -2.21. The Morgan fingerprint density at radius 2 is 2.00 bits per heavy atom. The van der Waals surface area contributed by atoms with Gasteiger partial charge >= 0.3 is 0 Å². The maximum absolute atomic E-state index is 12.0. The molecule has 2 N–H and O–H groups in total. The minimum atomic E-state index is -0.0118. The van der Waals surface area contributed by atoms with Crippen molar-refractivity contribution in [2.24, 2.45) is 5.92 Å². The highest BCUT2D eigenvalue weighted by Gasteiger charge is 2.14. The zero-order valence-electron chi connectivity index (χ0n) is 13.2. The summed E-state index contributed by atoms with van der Waals surface area (Å²) in [5.41, 5.74) is 0.946. The van der Waals surface area contributed by atoms with E-state index in [4.69, 9.17) is 9.84 Å². The van der Waals surface area contributed by atoms with Crippen molar-refractivity contribution in [1.82, 2.24) is 5.32 Å². The van der Waals surface area contributed by atoms with Crippen LogP contribution in [0.15, 0.2) is 24.3 Å². The van der Waals surface area contributed by atoms with Crippen molar-refractivity contribution in [3.63, 3.8) is 0 Å². The van der Waals surface area contributed by atoms with Gasteiger partial charge in [0, 0.05) is 18.5 Å². The summed E-state index contributed by atoms with van der Waals surface area (Å²) in [5, 5.41) is 11.8. The third-order valence-corrected chi connectivity index (χ3v) is 4.30. The second kappa shape index (κ2) is 9.46.